The van der Waals surface area contributed by atoms with Gasteiger partial charge in [0, 0.05) is 17.5 Å². The van der Waals surface area contributed by atoms with Gasteiger partial charge in [-0.2, -0.15) is 18.3 Å². The first-order chi connectivity index (χ1) is 14.7. The molecule has 3 aromatic rings. The van der Waals surface area contributed by atoms with Gasteiger partial charge < -0.3 is 5.32 Å². The molecule has 1 aromatic carbocycles. The van der Waals surface area contributed by atoms with Crippen LogP contribution in [0.25, 0.3) is 10.8 Å². The van der Waals surface area contributed by atoms with Crippen LogP contribution in [0.5, 0.6) is 0 Å². The number of fused-ring (bicyclic) bond motifs is 1. The highest BCUT2D eigenvalue weighted by molar-refractivity contribution is 5.91. The Morgan fingerprint density at radius 3 is 2.61 bits per heavy atom. The molecule has 0 radical (unpaired) electrons. The van der Waals surface area contributed by atoms with Gasteiger partial charge in [0.1, 0.15) is 12.0 Å². The van der Waals surface area contributed by atoms with Crippen molar-refractivity contribution in [3.63, 3.8) is 0 Å². The molecule has 0 spiro atoms. The van der Waals surface area contributed by atoms with E-state index in [4.69, 9.17) is 10.8 Å². The standard InChI is InChI=1S/C20H17F3N6O2/c21-20(22,23)12-3-5-14-15(7-12)18(11-1-2-11)27-29(19(14)31)9-17(30)26-13-4-6-16(25)28(8-13)10-24/h3-8,10-11,24-25H,1-2,9H2,(H,26,30). The average Bonchev–Trinajstić information content (AvgIpc) is 3.55. The maximum Gasteiger partial charge on any atom is 0.416 e. The minimum absolute atomic E-state index is 0.0444. The van der Waals surface area contributed by atoms with Crippen LogP contribution in [0.15, 0.2) is 41.3 Å². The summed E-state index contributed by atoms with van der Waals surface area (Å²) in [5.41, 5.74) is -0.757. The number of hydrogen-bond donors (Lipinski definition) is 3. The number of nitrogens with zero attached hydrogens (tertiary/aromatic N) is 3. The molecule has 1 aliphatic carbocycles. The van der Waals surface area contributed by atoms with E-state index in [-0.39, 0.29) is 22.2 Å². The minimum Gasteiger partial charge on any atom is -0.323 e. The number of rotatable bonds is 5. The molecule has 1 saturated carbocycles. The van der Waals surface area contributed by atoms with Gasteiger partial charge in [-0.25, -0.2) is 4.68 Å². The lowest BCUT2D eigenvalue weighted by molar-refractivity contribution is -0.137. The van der Waals surface area contributed by atoms with E-state index in [1.807, 2.05) is 0 Å². The minimum atomic E-state index is -4.54. The van der Waals surface area contributed by atoms with Gasteiger partial charge in [-0.1, -0.05) is 0 Å². The first-order valence-corrected chi connectivity index (χ1v) is 9.36. The van der Waals surface area contributed by atoms with E-state index >= 15 is 0 Å². The average molecular weight is 430 g/mol. The molecular weight excluding hydrogens is 413 g/mol. The summed E-state index contributed by atoms with van der Waals surface area (Å²) in [4.78, 5) is 25.3. The Kier molecular flexibility index (Phi) is 4.96. The zero-order valence-electron chi connectivity index (χ0n) is 16.0. The van der Waals surface area contributed by atoms with Crippen molar-refractivity contribution >= 4 is 28.7 Å². The van der Waals surface area contributed by atoms with Crippen molar-refractivity contribution in [2.24, 2.45) is 0 Å². The molecule has 0 saturated heterocycles. The first kappa shape index (κ1) is 20.5. The molecule has 2 aromatic heterocycles. The van der Waals surface area contributed by atoms with Crippen LogP contribution in [0, 0.1) is 10.8 Å². The molecule has 1 fully saturated rings. The highest BCUT2D eigenvalue weighted by Crippen LogP contribution is 2.42. The van der Waals surface area contributed by atoms with E-state index < -0.39 is 29.8 Å². The molecule has 0 unspecified atom stereocenters. The second-order valence-electron chi connectivity index (χ2n) is 7.27. The normalized spacial score (nSPS) is 13.9. The summed E-state index contributed by atoms with van der Waals surface area (Å²) >= 11 is 0. The van der Waals surface area contributed by atoms with Gasteiger partial charge in [-0.3, -0.25) is 25.0 Å². The molecule has 0 aliphatic heterocycles. The van der Waals surface area contributed by atoms with Gasteiger partial charge in [-0.05, 0) is 43.2 Å². The van der Waals surface area contributed by atoms with Crippen LogP contribution in [-0.2, 0) is 17.5 Å². The van der Waals surface area contributed by atoms with Gasteiger partial charge >= 0.3 is 6.18 Å². The molecule has 2 heterocycles. The van der Waals surface area contributed by atoms with Crippen molar-refractivity contribution in [3.8, 4) is 0 Å². The smallest absolute Gasteiger partial charge is 0.323 e. The number of amides is 1. The van der Waals surface area contributed by atoms with E-state index in [9.17, 15) is 22.8 Å². The number of pyridine rings is 1. The van der Waals surface area contributed by atoms with Gasteiger partial charge in [0.15, 0.2) is 0 Å². The molecule has 0 atom stereocenters. The monoisotopic (exact) mass is 430 g/mol. The Hall–Kier alpha value is -3.76. The second kappa shape index (κ2) is 7.49. The Balaban J connectivity index is 1.69. The molecule has 4 rings (SSSR count). The Morgan fingerprint density at radius 2 is 1.97 bits per heavy atom. The van der Waals surface area contributed by atoms with Crippen molar-refractivity contribution in [1.29, 1.82) is 10.8 Å². The van der Waals surface area contributed by atoms with Crippen molar-refractivity contribution in [3.05, 3.63) is 63.6 Å². The van der Waals surface area contributed by atoms with Crippen LogP contribution in [0.1, 0.15) is 30.0 Å². The van der Waals surface area contributed by atoms with Crippen LogP contribution in [-0.4, -0.2) is 26.6 Å². The first-order valence-electron chi connectivity index (χ1n) is 9.36. The second-order valence-corrected chi connectivity index (χ2v) is 7.27. The zero-order valence-corrected chi connectivity index (χ0v) is 16.0. The van der Waals surface area contributed by atoms with Crippen molar-refractivity contribution < 1.29 is 18.0 Å². The molecular formula is C20H17F3N6O2. The number of hydrogen-bond acceptors (Lipinski definition) is 5. The largest absolute Gasteiger partial charge is 0.416 e. The Labute approximate surface area is 173 Å². The van der Waals surface area contributed by atoms with Crippen molar-refractivity contribution in [2.45, 2.75) is 31.5 Å². The lowest BCUT2D eigenvalue weighted by Gasteiger charge is -2.13. The molecule has 31 heavy (non-hydrogen) atoms. The fourth-order valence-corrected chi connectivity index (χ4v) is 3.29. The van der Waals surface area contributed by atoms with Crippen LogP contribution < -0.4 is 16.4 Å². The molecule has 0 bridgehead atoms. The summed E-state index contributed by atoms with van der Waals surface area (Å²) in [6.07, 6.45) is -0.744. The third-order valence-corrected chi connectivity index (χ3v) is 4.97. The lowest BCUT2D eigenvalue weighted by atomic mass is 10.0. The summed E-state index contributed by atoms with van der Waals surface area (Å²) < 4.78 is 41.5. The summed E-state index contributed by atoms with van der Waals surface area (Å²) in [7, 11) is 0. The molecule has 8 nitrogen and oxygen atoms in total. The van der Waals surface area contributed by atoms with E-state index in [1.165, 1.54) is 22.9 Å². The third-order valence-electron chi connectivity index (χ3n) is 4.97. The molecule has 160 valence electrons. The Bertz CT molecular complexity index is 1320. The SMILES string of the molecule is N=Cn1cc(NC(=O)Cn2nc(C3CC3)c3cc(C(F)(F)F)ccc3c2=O)ccc1=N. The topological polar surface area (TPSA) is 117 Å². The van der Waals surface area contributed by atoms with E-state index in [0.29, 0.717) is 11.4 Å². The van der Waals surface area contributed by atoms with Gasteiger partial charge in [0.05, 0.1) is 28.7 Å². The fraction of sp³-hybridized carbons (Fsp3) is 0.250. The van der Waals surface area contributed by atoms with E-state index in [0.717, 1.165) is 42.1 Å². The fourth-order valence-electron chi connectivity index (χ4n) is 3.29. The lowest BCUT2D eigenvalue weighted by Crippen LogP contribution is -2.31. The van der Waals surface area contributed by atoms with Crippen molar-refractivity contribution in [2.75, 3.05) is 5.32 Å². The number of benzene rings is 1. The maximum absolute atomic E-state index is 13.1. The number of carbonyl (C=O) groups excluding carboxylic acids is 1. The maximum atomic E-state index is 13.1. The molecule has 3 N–H and O–H groups in total. The molecule has 1 aliphatic rings. The highest BCUT2D eigenvalue weighted by atomic mass is 19.4. The predicted molar refractivity (Wildman–Crippen MR) is 106 cm³/mol. The number of alkyl halides is 3. The van der Waals surface area contributed by atoms with Crippen LogP contribution >= 0.6 is 0 Å². The van der Waals surface area contributed by atoms with E-state index in [2.05, 4.69) is 10.4 Å². The number of halogens is 3. The van der Waals surface area contributed by atoms with Crippen LogP contribution in [0.2, 0.25) is 0 Å². The van der Waals surface area contributed by atoms with Gasteiger partial charge in [0.25, 0.3) is 5.56 Å². The van der Waals surface area contributed by atoms with Crippen molar-refractivity contribution in [1.82, 2.24) is 14.3 Å². The number of nitrogens with one attached hydrogen (secondary N) is 3. The Morgan fingerprint density at radius 1 is 1.23 bits per heavy atom. The predicted octanol–water partition coefficient (Wildman–Crippen LogP) is 2.67. The molecule has 1 amide bonds. The summed E-state index contributed by atoms with van der Waals surface area (Å²) in [5.74, 6) is -0.617. The highest BCUT2D eigenvalue weighted by Gasteiger charge is 2.33. The summed E-state index contributed by atoms with van der Waals surface area (Å²) in [6, 6.07) is 5.79. The third kappa shape index (κ3) is 4.11. The number of anilines is 1. The summed E-state index contributed by atoms with van der Waals surface area (Å²) in [6.45, 7) is -0.428. The molecule has 11 heteroatoms. The van der Waals surface area contributed by atoms with Gasteiger partial charge in [0.2, 0.25) is 5.91 Å². The number of carbonyl (C=O) groups is 1. The quantitative estimate of drug-likeness (QED) is 0.427. The zero-order chi connectivity index (χ0) is 22.3. The van der Waals surface area contributed by atoms with Crippen LogP contribution in [0.4, 0.5) is 18.9 Å². The number of aromatic nitrogens is 3. The van der Waals surface area contributed by atoms with Crippen LogP contribution in [0.3, 0.4) is 0 Å². The van der Waals surface area contributed by atoms with E-state index in [1.54, 1.807) is 0 Å². The summed E-state index contributed by atoms with van der Waals surface area (Å²) in [5, 5.41) is 21.9. The van der Waals surface area contributed by atoms with Gasteiger partial charge in [-0.15, -0.1) is 0 Å².